The van der Waals surface area contributed by atoms with Crippen molar-refractivity contribution in [3.8, 4) is 23.0 Å². The summed E-state index contributed by atoms with van der Waals surface area (Å²) in [7, 11) is 0. The molecule has 0 spiro atoms. The minimum atomic E-state index is -0.398. The van der Waals surface area contributed by atoms with Crippen LogP contribution in [0.1, 0.15) is 17.5 Å². The number of nitrogens with zero attached hydrogens (tertiary/aromatic N) is 5. The predicted octanol–water partition coefficient (Wildman–Crippen LogP) is 4.16. The Labute approximate surface area is 192 Å². The van der Waals surface area contributed by atoms with Crippen LogP contribution in [0, 0.1) is 18.3 Å². The van der Waals surface area contributed by atoms with Crippen LogP contribution in [0.2, 0.25) is 0 Å². The van der Waals surface area contributed by atoms with E-state index >= 15 is 0 Å². The summed E-state index contributed by atoms with van der Waals surface area (Å²) in [6.45, 7) is 3.23. The lowest BCUT2D eigenvalue weighted by Crippen LogP contribution is -2.26. The minimum absolute atomic E-state index is 0.0404. The van der Waals surface area contributed by atoms with Gasteiger partial charge in [-0.25, -0.2) is 9.67 Å². The van der Waals surface area contributed by atoms with Gasteiger partial charge in [0, 0.05) is 42.8 Å². The highest BCUT2D eigenvalue weighted by Crippen LogP contribution is 2.26. The zero-order valence-electron chi connectivity index (χ0n) is 18.3. The zero-order valence-corrected chi connectivity index (χ0v) is 18.3. The molecular weight excluding hydrogens is 412 g/mol. The van der Waals surface area contributed by atoms with Crippen LogP contribution in [-0.4, -0.2) is 31.8 Å². The molecule has 7 nitrogen and oxygen atoms in total. The summed E-state index contributed by atoms with van der Waals surface area (Å²) in [6.07, 6.45) is 9.51. The Morgan fingerprint density at radius 2 is 1.94 bits per heavy atom. The molecule has 2 heterocycles. The SMILES string of the molecule is Cc1ccc(-c2nn(-c3ccccc3)cc2C=C(C#N)C(=O)NCCCn2ccnc2)cc1. The molecule has 0 aliphatic carbocycles. The van der Waals surface area contributed by atoms with Gasteiger partial charge in [-0.05, 0) is 31.6 Å². The number of amides is 1. The molecule has 0 fully saturated rings. The Morgan fingerprint density at radius 3 is 2.64 bits per heavy atom. The third-order valence-electron chi connectivity index (χ3n) is 5.19. The lowest BCUT2D eigenvalue weighted by atomic mass is 10.0. The largest absolute Gasteiger partial charge is 0.351 e. The van der Waals surface area contributed by atoms with Gasteiger partial charge in [0.15, 0.2) is 0 Å². The van der Waals surface area contributed by atoms with Crippen molar-refractivity contribution in [2.24, 2.45) is 0 Å². The first-order chi connectivity index (χ1) is 16.1. The third-order valence-corrected chi connectivity index (χ3v) is 5.19. The fraction of sp³-hybridized carbons (Fsp3) is 0.154. The lowest BCUT2D eigenvalue weighted by Gasteiger charge is -2.05. The van der Waals surface area contributed by atoms with E-state index in [2.05, 4.69) is 10.3 Å². The Hall–Kier alpha value is -4.44. The van der Waals surface area contributed by atoms with Crippen molar-refractivity contribution in [2.75, 3.05) is 6.54 Å². The van der Waals surface area contributed by atoms with Gasteiger partial charge in [-0.15, -0.1) is 0 Å². The van der Waals surface area contributed by atoms with Gasteiger partial charge in [-0.1, -0.05) is 48.0 Å². The van der Waals surface area contributed by atoms with Crippen molar-refractivity contribution in [1.82, 2.24) is 24.6 Å². The summed E-state index contributed by atoms with van der Waals surface area (Å²) in [5.41, 5.74) is 4.41. The van der Waals surface area contributed by atoms with E-state index in [1.807, 2.05) is 84.6 Å². The normalized spacial score (nSPS) is 11.2. The molecule has 0 bridgehead atoms. The van der Waals surface area contributed by atoms with Gasteiger partial charge in [0.2, 0.25) is 0 Å². The number of nitrogens with one attached hydrogen (secondary N) is 1. The molecule has 0 aliphatic rings. The highest BCUT2D eigenvalue weighted by Gasteiger charge is 2.15. The minimum Gasteiger partial charge on any atom is -0.351 e. The van der Waals surface area contributed by atoms with Crippen LogP contribution in [0.25, 0.3) is 23.0 Å². The molecule has 164 valence electrons. The van der Waals surface area contributed by atoms with Gasteiger partial charge in [0.25, 0.3) is 5.91 Å². The van der Waals surface area contributed by atoms with E-state index in [1.54, 1.807) is 23.3 Å². The zero-order chi connectivity index (χ0) is 23.0. The highest BCUT2D eigenvalue weighted by molar-refractivity contribution is 6.02. The lowest BCUT2D eigenvalue weighted by molar-refractivity contribution is -0.117. The van der Waals surface area contributed by atoms with E-state index in [4.69, 9.17) is 5.10 Å². The molecular formula is C26H24N6O. The van der Waals surface area contributed by atoms with Gasteiger partial charge < -0.3 is 9.88 Å². The molecule has 33 heavy (non-hydrogen) atoms. The molecule has 0 saturated heterocycles. The number of carbonyl (C=O) groups is 1. The Balaban J connectivity index is 1.58. The molecule has 0 atom stereocenters. The maximum absolute atomic E-state index is 12.7. The van der Waals surface area contributed by atoms with E-state index in [1.165, 1.54) is 0 Å². The molecule has 0 radical (unpaired) electrons. The summed E-state index contributed by atoms with van der Waals surface area (Å²) in [4.78, 5) is 16.7. The van der Waals surface area contributed by atoms with Crippen LogP contribution in [0.5, 0.6) is 0 Å². The van der Waals surface area contributed by atoms with Gasteiger partial charge in [0.05, 0.1) is 17.7 Å². The molecule has 0 aliphatic heterocycles. The smallest absolute Gasteiger partial charge is 0.261 e. The van der Waals surface area contributed by atoms with Gasteiger partial charge >= 0.3 is 0 Å². The van der Waals surface area contributed by atoms with Gasteiger partial charge in [-0.2, -0.15) is 10.4 Å². The Bertz CT molecular complexity index is 1280. The summed E-state index contributed by atoms with van der Waals surface area (Å²) in [5, 5.41) is 17.3. The van der Waals surface area contributed by atoms with Crippen LogP contribution < -0.4 is 5.32 Å². The summed E-state index contributed by atoms with van der Waals surface area (Å²) >= 11 is 0. The number of aromatic nitrogens is 4. The van der Waals surface area contributed by atoms with E-state index in [0.717, 1.165) is 29.8 Å². The number of aryl methyl sites for hydroxylation is 2. The average molecular weight is 437 g/mol. The summed E-state index contributed by atoms with van der Waals surface area (Å²) < 4.78 is 3.71. The van der Waals surface area contributed by atoms with E-state index in [9.17, 15) is 10.1 Å². The van der Waals surface area contributed by atoms with Crippen molar-refractivity contribution in [3.63, 3.8) is 0 Å². The van der Waals surface area contributed by atoms with Crippen molar-refractivity contribution >= 4 is 12.0 Å². The Kier molecular flexibility index (Phi) is 6.76. The van der Waals surface area contributed by atoms with Crippen LogP contribution >= 0.6 is 0 Å². The first-order valence-electron chi connectivity index (χ1n) is 10.7. The first kappa shape index (κ1) is 21.8. The molecule has 1 N–H and O–H groups in total. The molecule has 2 aromatic carbocycles. The number of imidazole rings is 1. The summed E-state index contributed by atoms with van der Waals surface area (Å²) in [5.74, 6) is -0.398. The predicted molar refractivity (Wildman–Crippen MR) is 127 cm³/mol. The van der Waals surface area contributed by atoms with Gasteiger partial charge in [-0.3, -0.25) is 4.79 Å². The van der Waals surface area contributed by atoms with E-state index in [-0.39, 0.29) is 5.57 Å². The van der Waals surface area contributed by atoms with E-state index < -0.39 is 5.91 Å². The van der Waals surface area contributed by atoms with Crippen molar-refractivity contribution in [2.45, 2.75) is 19.9 Å². The second kappa shape index (κ2) is 10.2. The second-order valence-electron chi connectivity index (χ2n) is 7.66. The van der Waals surface area contributed by atoms with Crippen LogP contribution in [0.3, 0.4) is 0 Å². The number of para-hydroxylation sites is 1. The van der Waals surface area contributed by atoms with Gasteiger partial charge in [0.1, 0.15) is 11.6 Å². The molecule has 2 aromatic heterocycles. The van der Waals surface area contributed by atoms with Crippen LogP contribution in [0.15, 0.2) is 85.1 Å². The van der Waals surface area contributed by atoms with Crippen LogP contribution in [-0.2, 0) is 11.3 Å². The number of benzene rings is 2. The summed E-state index contributed by atoms with van der Waals surface area (Å²) in [6, 6.07) is 19.8. The molecule has 0 unspecified atom stereocenters. The second-order valence-corrected chi connectivity index (χ2v) is 7.66. The number of hydrogen-bond acceptors (Lipinski definition) is 4. The van der Waals surface area contributed by atoms with E-state index in [0.29, 0.717) is 17.8 Å². The molecule has 4 rings (SSSR count). The highest BCUT2D eigenvalue weighted by atomic mass is 16.1. The number of carbonyl (C=O) groups excluding carboxylic acids is 1. The Morgan fingerprint density at radius 1 is 1.15 bits per heavy atom. The van der Waals surface area contributed by atoms with Crippen molar-refractivity contribution in [3.05, 3.63) is 96.2 Å². The monoisotopic (exact) mass is 436 g/mol. The standard InChI is InChI=1S/C26H24N6O/c1-20-8-10-21(11-9-20)25-23(18-32(30-25)24-6-3-2-4-7-24)16-22(17-27)26(33)29-12-5-14-31-15-13-28-19-31/h2-4,6-11,13,15-16,18-19H,5,12,14H2,1H3,(H,29,33). The average Bonchev–Trinajstić information content (AvgIpc) is 3.51. The molecule has 0 saturated carbocycles. The van der Waals surface area contributed by atoms with Crippen molar-refractivity contribution < 1.29 is 4.79 Å². The molecule has 1 amide bonds. The topological polar surface area (TPSA) is 88.5 Å². The van der Waals surface area contributed by atoms with Crippen molar-refractivity contribution in [1.29, 1.82) is 5.26 Å². The fourth-order valence-corrected chi connectivity index (χ4v) is 3.42. The quantitative estimate of drug-likeness (QED) is 0.255. The number of nitriles is 1. The number of rotatable bonds is 8. The third kappa shape index (κ3) is 5.43. The van der Waals surface area contributed by atoms with Crippen LogP contribution in [0.4, 0.5) is 0 Å². The maximum Gasteiger partial charge on any atom is 0.261 e. The number of hydrogen-bond donors (Lipinski definition) is 1. The fourth-order valence-electron chi connectivity index (χ4n) is 3.42. The maximum atomic E-state index is 12.7. The first-order valence-corrected chi connectivity index (χ1v) is 10.7. The molecule has 4 aromatic rings. The molecule has 7 heteroatoms.